The molecule has 0 aromatic heterocycles. The molecule has 90 valence electrons. The van der Waals surface area contributed by atoms with E-state index in [4.69, 9.17) is 9.84 Å². The van der Waals surface area contributed by atoms with Crippen LogP contribution in [0, 0.1) is 5.41 Å². The van der Waals surface area contributed by atoms with Crippen LogP contribution in [0.4, 0.5) is 0 Å². The van der Waals surface area contributed by atoms with Crippen molar-refractivity contribution in [2.24, 2.45) is 5.41 Å². The Bertz CT molecular complexity index is 181. The van der Waals surface area contributed by atoms with Gasteiger partial charge in [-0.15, -0.1) is 0 Å². The van der Waals surface area contributed by atoms with E-state index in [1.54, 1.807) is 0 Å². The number of carbonyl (C=O) groups excluding carboxylic acids is 1. The summed E-state index contributed by atoms with van der Waals surface area (Å²) in [6, 6.07) is 0. The van der Waals surface area contributed by atoms with Crippen LogP contribution in [-0.2, 0) is 9.53 Å². The Balaban J connectivity index is 3.22. The fourth-order valence-electron chi connectivity index (χ4n) is 0.988. The van der Waals surface area contributed by atoms with Gasteiger partial charge in [0, 0.05) is 25.5 Å². The predicted molar refractivity (Wildman–Crippen MR) is 59.6 cm³/mol. The van der Waals surface area contributed by atoms with Gasteiger partial charge in [-0.3, -0.25) is 4.79 Å². The molecule has 0 aliphatic heterocycles. The van der Waals surface area contributed by atoms with Gasteiger partial charge >= 0.3 is 0 Å². The maximum atomic E-state index is 10.5. The van der Waals surface area contributed by atoms with Crippen molar-refractivity contribution in [3.05, 3.63) is 0 Å². The molecule has 0 rings (SSSR count). The van der Waals surface area contributed by atoms with Crippen LogP contribution in [0.5, 0.6) is 0 Å². The van der Waals surface area contributed by atoms with Crippen LogP contribution < -0.4 is 5.32 Å². The van der Waals surface area contributed by atoms with E-state index in [2.05, 4.69) is 5.32 Å². The molecule has 0 spiro atoms. The standard InChI is InChI=1S/C11H23NO3/c1-10(14)12-6-4-5-7-15-9-11(2,3)8-13/h13H,4-9H2,1-3H3,(H,12,14). The average molecular weight is 217 g/mol. The Morgan fingerprint density at radius 2 is 2.07 bits per heavy atom. The first kappa shape index (κ1) is 14.4. The molecule has 2 N–H and O–H groups in total. The van der Waals surface area contributed by atoms with Gasteiger partial charge in [0.25, 0.3) is 0 Å². The summed E-state index contributed by atoms with van der Waals surface area (Å²) in [6.45, 7) is 7.54. The summed E-state index contributed by atoms with van der Waals surface area (Å²) in [5, 5.41) is 11.7. The number of rotatable bonds is 8. The number of hydrogen-bond donors (Lipinski definition) is 2. The highest BCUT2D eigenvalue weighted by Crippen LogP contribution is 2.13. The Morgan fingerprint density at radius 3 is 2.60 bits per heavy atom. The molecule has 4 nitrogen and oxygen atoms in total. The molecule has 0 aliphatic rings. The van der Waals surface area contributed by atoms with Crippen LogP contribution in [0.25, 0.3) is 0 Å². The van der Waals surface area contributed by atoms with Crippen molar-refractivity contribution in [1.29, 1.82) is 0 Å². The van der Waals surface area contributed by atoms with Crippen molar-refractivity contribution in [3.8, 4) is 0 Å². The zero-order valence-corrected chi connectivity index (χ0v) is 10.0. The fraction of sp³-hybridized carbons (Fsp3) is 0.909. The van der Waals surface area contributed by atoms with Gasteiger partial charge in [0.2, 0.25) is 5.91 Å². The molecule has 0 saturated heterocycles. The van der Waals surface area contributed by atoms with Gasteiger partial charge in [-0.2, -0.15) is 0 Å². The quantitative estimate of drug-likeness (QED) is 0.595. The van der Waals surface area contributed by atoms with E-state index >= 15 is 0 Å². The lowest BCUT2D eigenvalue weighted by atomic mass is 9.97. The number of aliphatic hydroxyl groups is 1. The molecule has 0 bridgehead atoms. The third-order valence-electron chi connectivity index (χ3n) is 2.01. The second-order valence-corrected chi connectivity index (χ2v) is 4.56. The first-order valence-corrected chi connectivity index (χ1v) is 5.41. The van der Waals surface area contributed by atoms with E-state index in [0.29, 0.717) is 19.8 Å². The smallest absolute Gasteiger partial charge is 0.216 e. The lowest BCUT2D eigenvalue weighted by Crippen LogP contribution is -2.24. The highest BCUT2D eigenvalue weighted by molar-refractivity contribution is 5.72. The summed E-state index contributed by atoms with van der Waals surface area (Å²) in [5.74, 6) is 0.0114. The van der Waals surface area contributed by atoms with Gasteiger partial charge in [-0.1, -0.05) is 13.8 Å². The van der Waals surface area contributed by atoms with Crippen LogP contribution >= 0.6 is 0 Å². The van der Waals surface area contributed by atoms with Crippen molar-refractivity contribution in [1.82, 2.24) is 5.32 Å². The van der Waals surface area contributed by atoms with Crippen molar-refractivity contribution < 1.29 is 14.6 Å². The number of carbonyl (C=O) groups is 1. The molecular formula is C11H23NO3. The van der Waals surface area contributed by atoms with Gasteiger partial charge in [-0.25, -0.2) is 0 Å². The topological polar surface area (TPSA) is 58.6 Å². The Morgan fingerprint density at radius 1 is 1.40 bits per heavy atom. The Labute approximate surface area is 92.0 Å². The molecule has 0 unspecified atom stereocenters. The first-order chi connectivity index (χ1) is 6.98. The maximum absolute atomic E-state index is 10.5. The summed E-state index contributed by atoms with van der Waals surface area (Å²) < 4.78 is 5.42. The minimum atomic E-state index is -0.155. The van der Waals surface area contributed by atoms with E-state index in [1.807, 2.05) is 13.8 Å². The summed E-state index contributed by atoms with van der Waals surface area (Å²) in [5.41, 5.74) is -0.155. The summed E-state index contributed by atoms with van der Waals surface area (Å²) >= 11 is 0. The van der Waals surface area contributed by atoms with Crippen molar-refractivity contribution >= 4 is 5.91 Å². The van der Waals surface area contributed by atoms with E-state index in [-0.39, 0.29) is 17.9 Å². The molecule has 0 saturated carbocycles. The molecule has 0 radical (unpaired) electrons. The average Bonchev–Trinajstić information content (AvgIpc) is 2.16. The molecule has 0 fully saturated rings. The lowest BCUT2D eigenvalue weighted by Gasteiger charge is -2.21. The molecule has 0 aliphatic carbocycles. The molecule has 4 heteroatoms. The minimum absolute atomic E-state index is 0.0114. The van der Waals surface area contributed by atoms with Crippen molar-refractivity contribution in [2.75, 3.05) is 26.4 Å². The van der Waals surface area contributed by atoms with E-state index in [9.17, 15) is 4.79 Å². The molecule has 1 amide bonds. The minimum Gasteiger partial charge on any atom is -0.396 e. The molecule has 0 heterocycles. The van der Waals surface area contributed by atoms with Crippen LogP contribution in [0.15, 0.2) is 0 Å². The van der Waals surface area contributed by atoms with Crippen LogP contribution in [0.1, 0.15) is 33.6 Å². The number of nitrogens with one attached hydrogen (secondary N) is 1. The highest BCUT2D eigenvalue weighted by atomic mass is 16.5. The molecular weight excluding hydrogens is 194 g/mol. The summed E-state index contributed by atoms with van der Waals surface area (Å²) in [4.78, 5) is 10.5. The molecule has 15 heavy (non-hydrogen) atoms. The van der Waals surface area contributed by atoms with Crippen molar-refractivity contribution in [2.45, 2.75) is 33.6 Å². The number of hydrogen-bond acceptors (Lipinski definition) is 3. The zero-order valence-electron chi connectivity index (χ0n) is 10.0. The monoisotopic (exact) mass is 217 g/mol. The fourth-order valence-corrected chi connectivity index (χ4v) is 0.988. The summed E-state index contributed by atoms with van der Waals surface area (Å²) in [7, 11) is 0. The highest BCUT2D eigenvalue weighted by Gasteiger charge is 2.15. The van der Waals surface area contributed by atoms with Gasteiger partial charge in [-0.05, 0) is 12.8 Å². The predicted octanol–water partition coefficient (Wildman–Crippen LogP) is 0.938. The van der Waals surface area contributed by atoms with Gasteiger partial charge in [0.05, 0.1) is 13.2 Å². The summed E-state index contributed by atoms with van der Waals surface area (Å²) in [6.07, 6.45) is 1.86. The lowest BCUT2D eigenvalue weighted by molar-refractivity contribution is -0.118. The largest absolute Gasteiger partial charge is 0.396 e. The third kappa shape index (κ3) is 9.69. The van der Waals surface area contributed by atoms with Crippen LogP contribution in [0.3, 0.4) is 0 Å². The second-order valence-electron chi connectivity index (χ2n) is 4.56. The first-order valence-electron chi connectivity index (χ1n) is 5.41. The molecule has 0 aromatic rings. The van der Waals surface area contributed by atoms with Gasteiger partial charge < -0.3 is 15.2 Å². The van der Waals surface area contributed by atoms with Gasteiger partial charge in [0.1, 0.15) is 0 Å². The number of aliphatic hydroxyl groups excluding tert-OH is 1. The Kier molecular flexibility index (Phi) is 7.34. The number of ether oxygens (including phenoxy) is 1. The third-order valence-corrected chi connectivity index (χ3v) is 2.01. The number of amides is 1. The SMILES string of the molecule is CC(=O)NCCCCOCC(C)(C)CO. The maximum Gasteiger partial charge on any atom is 0.216 e. The van der Waals surface area contributed by atoms with Crippen LogP contribution in [-0.4, -0.2) is 37.4 Å². The van der Waals surface area contributed by atoms with Gasteiger partial charge in [0.15, 0.2) is 0 Å². The van der Waals surface area contributed by atoms with E-state index < -0.39 is 0 Å². The normalized spacial score (nSPS) is 11.5. The molecule has 0 atom stereocenters. The number of unbranched alkanes of at least 4 members (excludes halogenated alkanes) is 1. The van der Waals surface area contributed by atoms with E-state index in [1.165, 1.54) is 6.92 Å². The second kappa shape index (κ2) is 7.65. The zero-order chi connectivity index (χ0) is 11.7. The van der Waals surface area contributed by atoms with Crippen LogP contribution in [0.2, 0.25) is 0 Å². The molecule has 0 aromatic carbocycles. The Hall–Kier alpha value is -0.610. The van der Waals surface area contributed by atoms with E-state index in [0.717, 1.165) is 12.8 Å². The van der Waals surface area contributed by atoms with Crippen molar-refractivity contribution in [3.63, 3.8) is 0 Å².